The molecule has 21 heavy (non-hydrogen) atoms. The van der Waals surface area contributed by atoms with Crippen LogP contribution in [0.15, 0.2) is 31.8 Å². The molecule has 1 aromatic rings. The topological polar surface area (TPSA) is 52.9 Å². The Kier molecular flexibility index (Phi) is 4.17. The normalized spacial score (nSPS) is 20.5. The predicted octanol–water partition coefficient (Wildman–Crippen LogP) is 4.07. The molecule has 0 saturated carbocycles. The molecule has 0 atom stereocenters. The fourth-order valence-corrected chi connectivity index (χ4v) is 3.85. The number of hydrogen-bond donors (Lipinski definition) is 1. The number of carbonyl (C=O) groups excluding carboxylic acids is 1. The van der Waals surface area contributed by atoms with Crippen LogP contribution in [0.3, 0.4) is 0 Å². The highest BCUT2D eigenvalue weighted by atomic mass is 79.9. The molecule has 0 aliphatic carbocycles. The number of aromatic hydroxyl groups is 1. The summed E-state index contributed by atoms with van der Waals surface area (Å²) in [6.07, 6.45) is 5.72. The molecule has 1 N–H and O–H groups in total. The summed E-state index contributed by atoms with van der Waals surface area (Å²) in [4.78, 5) is 18.6. The summed E-state index contributed by atoms with van der Waals surface area (Å²) in [5.74, 6) is 0.903. The van der Waals surface area contributed by atoms with Crippen LogP contribution in [-0.4, -0.2) is 28.3 Å². The number of hydrogen-bond acceptors (Lipinski definition) is 3. The second-order valence-corrected chi connectivity index (χ2v) is 6.92. The zero-order valence-electron chi connectivity index (χ0n) is 11.3. The van der Waals surface area contributed by atoms with Crippen molar-refractivity contribution < 1.29 is 9.90 Å². The zero-order valence-corrected chi connectivity index (χ0v) is 14.4. The first-order chi connectivity index (χ1) is 10.1. The van der Waals surface area contributed by atoms with Gasteiger partial charge in [-0.15, -0.1) is 0 Å². The Morgan fingerprint density at radius 3 is 2.86 bits per heavy atom. The maximum Gasteiger partial charge on any atom is 0.277 e. The lowest BCUT2D eigenvalue weighted by molar-refractivity contribution is -0.122. The first kappa shape index (κ1) is 14.8. The van der Waals surface area contributed by atoms with Crippen molar-refractivity contribution >= 4 is 49.7 Å². The minimum absolute atomic E-state index is 0.0672. The van der Waals surface area contributed by atoms with E-state index in [0.29, 0.717) is 15.7 Å². The molecular formula is C15H14Br2N2O2. The maximum absolute atomic E-state index is 12.4. The minimum atomic E-state index is -0.0672. The SMILES string of the molecule is O=C1C(=Cc2cc(Br)cc(Br)c2O)N=C2CCCCCN12. The van der Waals surface area contributed by atoms with Crippen molar-refractivity contribution in [3.8, 4) is 5.75 Å². The van der Waals surface area contributed by atoms with Gasteiger partial charge in [0.15, 0.2) is 0 Å². The highest BCUT2D eigenvalue weighted by Gasteiger charge is 2.30. The summed E-state index contributed by atoms with van der Waals surface area (Å²) >= 11 is 6.67. The van der Waals surface area contributed by atoms with Crippen LogP contribution in [0.5, 0.6) is 5.75 Å². The van der Waals surface area contributed by atoms with Crippen LogP contribution in [0.1, 0.15) is 31.2 Å². The van der Waals surface area contributed by atoms with E-state index in [1.165, 1.54) is 0 Å². The molecule has 3 rings (SSSR count). The molecule has 6 heteroatoms. The number of phenolic OH excluding ortho intramolecular Hbond substituents is 1. The van der Waals surface area contributed by atoms with Crippen molar-refractivity contribution in [1.29, 1.82) is 0 Å². The summed E-state index contributed by atoms with van der Waals surface area (Å²) in [6.45, 7) is 0.739. The molecular weight excluding hydrogens is 400 g/mol. The van der Waals surface area contributed by atoms with Gasteiger partial charge in [0.1, 0.15) is 17.3 Å². The van der Waals surface area contributed by atoms with Crippen molar-refractivity contribution in [2.75, 3.05) is 6.54 Å². The Bertz CT molecular complexity index is 668. The standard InChI is InChI=1S/C15H14Br2N2O2/c16-10-6-9(14(20)11(17)8-10)7-12-15(21)19-5-3-1-2-4-13(19)18-12/h6-8,20H,1-5H2. The summed E-state index contributed by atoms with van der Waals surface area (Å²) < 4.78 is 1.41. The fourth-order valence-electron chi connectivity index (χ4n) is 2.59. The van der Waals surface area contributed by atoms with Gasteiger partial charge in [-0.05, 0) is 47.0 Å². The number of amides is 1. The van der Waals surface area contributed by atoms with Gasteiger partial charge < -0.3 is 5.11 Å². The second-order valence-electron chi connectivity index (χ2n) is 5.15. The number of carbonyl (C=O) groups is 1. The first-order valence-corrected chi connectivity index (χ1v) is 8.44. The Morgan fingerprint density at radius 2 is 2.05 bits per heavy atom. The van der Waals surface area contributed by atoms with Gasteiger partial charge in [-0.1, -0.05) is 22.4 Å². The van der Waals surface area contributed by atoms with E-state index in [1.807, 2.05) is 0 Å². The molecule has 0 spiro atoms. The smallest absolute Gasteiger partial charge is 0.277 e. The number of rotatable bonds is 1. The molecule has 0 bridgehead atoms. The number of aliphatic imine (C=N–C) groups is 1. The lowest BCUT2D eigenvalue weighted by atomic mass is 10.1. The molecule has 110 valence electrons. The van der Waals surface area contributed by atoms with Gasteiger partial charge in [-0.3, -0.25) is 9.69 Å². The van der Waals surface area contributed by atoms with Crippen LogP contribution in [0.25, 0.3) is 6.08 Å². The summed E-state index contributed by atoms with van der Waals surface area (Å²) in [7, 11) is 0. The molecule has 1 fully saturated rings. The van der Waals surface area contributed by atoms with Crippen LogP contribution in [-0.2, 0) is 4.79 Å². The van der Waals surface area contributed by atoms with E-state index in [9.17, 15) is 9.90 Å². The fraction of sp³-hybridized carbons (Fsp3) is 0.333. The third-order valence-electron chi connectivity index (χ3n) is 3.66. The summed E-state index contributed by atoms with van der Waals surface area (Å²) in [6, 6.07) is 3.53. The third-order valence-corrected chi connectivity index (χ3v) is 4.72. The molecule has 2 aliphatic heterocycles. The highest BCUT2D eigenvalue weighted by molar-refractivity contribution is 9.11. The van der Waals surface area contributed by atoms with Crippen LogP contribution in [0.4, 0.5) is 0 Å². The predicted molar refractivity (Wildman–Crippen MR) is 89.1 cm³/mol. The number of amidine groups is 1. The van der Waals surface area contributed by atoms with Crippen molar-refractivity contribution in [3.05, 3.63) is 32.3 Å². The van der Waals surface area contributed by atoms with Crippen LogP contribution in [0.2, 0.25) is 0 Å². The molecule has 2 aliphatic rings. The van der Waals surface area contributed by atoms with Gasteiger partial charge in [0.05, 0.1) is 4.47 Å². The van der Waals surface area contributed by atoms with E-state index in [1.54, 1.807) is 23.1 Å². The largest absolute Gasteiger partial charge is 0.506 e. The van der Waals surface area contributed by atoms with E-state index in [2.05, 4.69) is 36.9 Å². The van der Waals surface area contributed by atoms with Crippen LogP contribution >= 0.6 is 31.9 Å². The third kappa shape index (κ3) is 2.92. The van der Waals surface area contributed by atoms with Gasteiger partial charge in [-0.25, -0.2) is 4.99 Å². The quantitative estimate of drug-likeness (QED) is 0.705. The molecule has 0 unspecified atom stereocenters. The van der Waals surface area contributed by atoms with E-state index in [0.717, 1.165) is 42.5 Å². The average Bonchev–Trinajstić information content (AvgIpc) is 2.63. The lowest BCUT2D eigenvalue weighted by Gasteiger charge is -2.14. The van der Waals surface area contributed by atoms with Gasteiger partial charge in [0.25, 0.3) is 5.91 Å². The molecule has 0 radical (unpaired) electrons. The van der Waals surface area contributed by atoms with E-state index in [-0.39, 0.29) is 11.7 Å². The monoisotopic (exact) mass is 412 g/mol. The van der Waals surface area contributed by atoms with Crippen LogP contribution in [0, 0.1) is 0 Å². The van der Waals surface area contributed by atoms with Gasteiger partial charge in [0, 0.05) is 23.0 Å². The van der Waals surface area contributed by atoms with Crippen molar-refractivity contribution in [2.24, 2.45) is 4.99 Å². The Balaban J connectivity index is 1.99. The number of halogens is 2. The number of benzene rings is 1. The highest BCUT2D eigenvalue weighted by Crippen LogP contribution is 2.34. The molecule has 1 amide bonds. The van der Waals surface area contributed by atoms with E-state index < -0.39 is 0 Å². The van der Waals surface area contributed by atoms with Gasteiger partial charge in [0.2, 0.25) is 0 Å². The van der Waals surface area contributed by atoms with E-state index in [4.69, 9.17) is 0 Å². The van der Waals surface area contributed by atoms with E-state index >= 15 is 0 Å². The molecule has 0 aromatic heterocycles. The molecule has 4 nitrogen and oxygen atoms in total. The van der Waals surface area contributed by atoms with Gasteiger partial charge >= 0.3 is 0 Å². The Labute approximate surface area is 139 Å². The number of fused-ring (bicyclic) bond motifs is 1. The summed E-state index contributed by atoms with van der Waals surface area (Å²) in [5.41, 5.74) is 0.966. The Hall–Kier alpha value is -1.14. The van der Waals surface area contributed by atoms with Crippen LogP contribution < -0.4 is 0 Å². The number of nitrogens with zero attached hydrogens (tertiary/aromatic N) is 2. The van der Waals surface area contributed by atoms with Gasteiger partial charge in [-0.2, -0.15) is 0 Å². The molecule has 1 saturated heterocycles. The maximum atomic E-state index is 12.4. The first-order valence-electron chi connectivity index (χ1n) is 6.85. The molecule has 1 aromatic carbocycles. The lowest BCUT2D eigenvalue weighted by Crippen LogP contribution is -2.31. The summed E-state index contributed by atoms with van der Waals surface area (Å²) in [5, 5.41) is 10.1. The van der Waals surface area contributed by atoms with Crippen molar-refractivity contribution in [3.63, 3.8) is 0 Å². The van der Waals surface area contributed by atoms with Crippen molar-refractivity contribution in [2.45, 2.75) is 25.7 Å². The second kappa shape index (κ2) is 5.93. The molecule has 2 heterocycles. The zero-order chi connectivity index (χ0) is 15.0. The number of phenols is 1. The minimum Gasteiger partial charge on any atom is -0.506 e. The average molecular weight is 414 g/mol. The Morgan fingerprint density at radius 1 is 1.24 bits per heavy atom. The van der Waals surface area contributed by atoms with Crippen molar-refractivity contribution in [1.82, 2.24) is 4.90 Å².